The summed E-state index contributed by atoms with van der Waals surface area (Å²) in [5, 5.41) is 0. The smallest absolute Gasteiger partial charge is 0.130 e. The van der Waals surface area contributed by atoms with Crippen molar-refractivity contribution in [3.8, 4) is 0 Å². The van der Waals surface area contributed by atoms with Crippen LogP contribution in [0.5, 0.6) is 0 Å². The van der Waals surface area contributed by atoms with Crippen molar-refractivity contribution in [2.24, 2.45) is 5.73 Å². The largest absolute Gasteiger partial charge is 0.324 e. The van der Waals surface area contributed by atoms with Crippen molar-refractivity contribution in [2.45, 2.75) is 18.9 Å². The Balaban J connectivity index is 2.06. The molecular weight excluding hydrogens is 234 g/mol. The van der Waals surface area contributed by atoms with E-state index in [1.54, 1.807) is 6.20 Å². The fourth-order valence-electron chi connectivity index (χ4n) is 1.86. The Kier molecular flexibility index (Phi) is 3.99. The van der Waals surface area contributed by atoms with Crippen LogP contribution in [0.2, 0.25) is 0 Å². The maximum atomic E-state index is 13.5. The Labute approximate surface area is 104 Å². The molecule has 2 nitrogen and oxygen atoms in total. The lowest BCUT2D eigenvalue weighted by atomic mass is 10.0. The molecule has 1 heterocycles. The lowest BCUT2D eigenvalue weighted by molar-refractivity contribution is 0.511. The predicted molar refractivity (Wildman–Crippen MR) is 65.8 cm³/mol. The zero-order valence-electron chi connectivity index (χ0n) is 9.81. The number of hydrogen-bond acceptors (Lipinski definition) is 2. The topological polar surface area (TPSA) is 38.9 Å². The van der Waals surface area contributed by atoms with Crippen molar-refractivity contribution in [2.75, 3.05) is 0 Å². The van der Waals surface area contributed by atoms with E-state index in [0.717, 1.165) is 5.69 Å². The number of hydrogen-bond donors (Lipinski definition) is 1. The van der Waals surface area contributed by atoms with Crippen LogP contribution in [0.25, 0.3) is 0 Å². The van der Waals surface area contributed by atoms with Gasteiger partial charge in [-0.15, -0.1) is 0 Å². The molecule has 18 heavy (non-hydrogen) atoms. The van der Waals surface area contributed by atoms with Crippen LogP contribution in [-0.4, -0.2) is 4.98 Å². The summed E-state index contributed by atoms with van der Waals surface area (Å²) in [5.74, 6) is -1.19. The summed E-state index contributed by atoms with van der Waals surface area (Å²) in [4.78, 5) is 4.15. The molecule has 4 heteroatoms. The molecule has 0 amide bonds. The monoisotopic (exact) mass is 248 g/mol. The lowest BCUT2D eigenvalue weighted by Crippen LogP contribution is -2.15. The normalized spacial score (nSPS) is 12.4. The zero-order chi connectivity index (χ0) is 13.0. The molecule has 0 saturated carbocycles. The molecule has 0 aliphatic carbocycles. The van der Waals surface area contributed by atoms with Crippen molar-refractivity contribution in [3.63, 3.8) is 0 Å². The number of nitrogens with zero attached hydrogens (tertiary/aromatic N) is 1. The third-order valence-electron chi connectivity index (χ3n) is 2.81. The van der Waals surface area contributed by atoms with E-state index in [1.165, 1.54) is 18.2 Å². The number of rotatable bonds is 4. The average Bonchev–Trinajstić information content (AvgIpc) is 2.37. The lowest BCUT2D eigenvalue weighted by Gasteiger charge is -2.13. The fourth-order valence-corrected chi connectivity index (χ4v) is 1.86. The Morgan fingerprint density at radius 1 is 1.06 bits per heavy atom. The standard InChI is InChI=1S/C14H14F2N2/c15-11-5-3-6-12(16)14(11)13(17)8-7-10-4-1-2-9-18-10/h1-6,9,13H,7-8,17H2. The minimum atomic E-state index is -0.659. The number of aryl methyl sites for hydroxylation is 1. The summed E-state index contributed by atoms with van der Waals surface area (Å²) < 4.78 is 27.0. The van der Waals surface area contributed by atoms with Gasteiger partial charge in [-0.3, -0.25) is 4.98 Å². The average molecular weight is 248 g/mol. The van der Waals surface area contributed by atoms with E-state index in [-0.39, 0.29) is 5.56 Å². The van der Waals surface area contributed by atoms with Crippen LogP contribution in [0.1, 0.15) is 23.7 Å². The molecule has 1 aromatic heterocycles. The van der Waals surface area contributed by atoms with Gasteiger partial charge in [0.1, 0.15) is 11.6 Å². The van der Waals surface area contributed by atoms with Crippen LogP contribution in [-0.2, 0) is 6.42 Å². The van der Waals surface area contributed by atoms with Gasteiger partial charge in [0.15, 0.2) is 0 Å². The van der Waals surface area contributed by atoms with Crippen LogP contribution >= 0.6 is 0 Å². The quantitative estimate of drug-likeness (QED) is 0.903. The highest BCUT2D eigenvalue weighted by atomic mass is 19.1. The Hall–Kier alpha value is -1.81. The van der Waals surface area contributed by atoms with Crippen molar-refractivity contribution in [1.29, 1.82) is 0 Å². The number of pyridine rings is 1. The van der Waals surface area contributed by atoms with E-state index in [9.17, 15) is 8.78 Å². The first-order valence-electron chi connectivity index (χ1n) is 5.78. The first-order valence-corrected chi connectivity index (χ1v) is 5.78. The third kappa shape index (κ3) is 2.90. The molecule has 0 saturated heterocycles. The van der Waals surface area contributed by atoms with Crippen LogP contribution in [0.4, 0.5) is 8.78 Å². The van der Waals surface area contributed by atoms with E-state index in [4.69, 9.17) is 5.73 Å². The predicted octanol–water partition coefficient (Wildman–Crippen LogP) is 2.99. The minimum absolute atomic E-state index is 0.0477. The molecule has 2 rings (SSSR count). The Morgan fingerprint density at radius 3 is 2.39 bits per heavy atom. The maximum absolute atomic E-state index is 13.5. The summed E-state index contributed by atoms with van der Waals surface area (Å²) in [7, 11) is 0. The molecule has 2 N–H and O–H groups in total. The Morgan fingerprint density at radius 2 is 1.78 bits per heavy atom. The van der Waals surface area contributed by atoms with E-state index in [1.807, 2.05) is 18.2 Å². The van der Waals surface area contributed by atoms with Crippen LogP contribution < -0.4 is 5.73 Å². The van der Waals surface area contributed by atoms with Crippen LogP contribution in [0.3, 0.4) is 0 Å². The van der Waals surface area contributed by atoms with E-state index in [0.29, 0.717) is 12.8 Å². The molecule has 2 aromatic rings. The SMILES string of the molecule is NC(CCc1ccccn1)c1c(F)cccc1F. The van der Waals surface area contributed by atoms with Gasteiger partial charge in [0, 0.05) is 23.5 Å². The molecule has 94 valence electrons. The first kappa shape index (κ1) is 12.6. The summed E-state index contributed by atoms with van der Waals surface area (Å²) in [5.41, 5.74) is 6.65. The molecule has 1 unspecified atom stereocenters. The van der Waals surface area contributed by atoms with Crippen molar-refractivity contribution < 1.29 is 8.78 Å². The highest BCUT2D eigenvalue weighted by Crippen LogP contribution is 2.22. The number of aromatic nitrogens is 1. The number of halogens is 2. The maximum Gasteiger partial charge on any atom is 0.130 e. The molecule has 1 atom stereocenters. The van der Waals surface area contributed by atoms with Gasteiger partial charge in [-0.2, -0.15) is 0 Å². The second-order valence-corrected chi connectivity index (χ2v) is 4.10. The molecule has 1 aromatic carbocycles. The minimum Gasteiger partial charge on any atom is -0.324 e. The molecule has 0 bridgehead atoms. The van der Waals surface area contributed by atoms with Gasteiger partial charge in [0.25, 0.3) is 0 Å². The zero-order valence-corrected chi connectivity index (χ0v) is 9.81. The van der Waals surface area contributed by atoms with Gasteiger partial charge in [-0.1, -0.05) is 12.1 Å². The summed E-state index contributed by atoms with van der Waals surface area (Å²) >= 11 is 0. The fraction of sp³-hybridized carbons (Fsp3) is 0.214. The molecule has 0 aliphatic heterocycles. The highest BCUT2D eigenvalue weighted by molar-refractivity contribution is 5.23. The molecule has 0 aliphatic rings. The first-order chi connectivity index (χ1) is 8.68. The number of benzene rings is 1. The van der Waals surface area contributed by atoms with Gasteiger partial charge < -0.3 is 5.73 Å². The van der Waals surface area contributed by atoms with Gasteiger partial charge in [-0.25, -0.2) is 8.78 Å². The van der Waals surface area contributed by atoms with Crippen LogP contribution in [0.15, 0.2) is 42.6 Å². The highest BCUT2D eigenvalue weighted by Gasteiger charge is 2.16. The van der Waals surface area contributed by atoms with E-state index >= 15 is 0 Å². The second kappa shape index (κ2) is 5.69. The summed E-state index contributed by atoms with van der Waals surface area (Å²) in [6.07, 6.45) is 2.73. The van der Waals surface area contributed by atoms with Gasteiger partial charge >= 0.3 is 0 Å². The molecular formula is C14H14F2N2. The van der Waals surface area contributed by atoms with Crippen LogP contribution in [0, 0.1) is 11.6 Å². The van der Waals surface area contributed by atoms with Crippen molar-refractivity contribution in [1.82, 2.24) is 4.98 Å². The van der Waals surface area contributed by atoms with Gasteiger partial charge in [-0.05, 0) is 37.1 Å². The van der Waals surface area contributed by atoms with Crippen molar-refractivity contribution >= 4 is 0 Å². The van der Waals surface area contributed by atoms with E-state index in [2.05, 4.69) is 4.98 Å². The third-order valence-corrected chi connectivity index (χ3v) is 2.81. The second-order valence-electron chi connectivity index (χ2n) is 4.10. The Bertz CT molecular complexity index is 494. The molecule has 0 fully saturated rings. The van der Waals surface area contributed by atoms with Crippen molar-refractivity contribution in [3.05, 3.63) is 65.5 Å². The van der Waals surface area contributed by atoms with Gasteiger partial charge in [0.2, 0.25) is 0 Å². The molecule has 0 spiro atoms. The van der Waals surface area contributed by atoms with E-state index < -0.39 is 17.7 Å². The number of nitrogens with two attached hydrogens (primary N) is 1. The molecule has 0 radical (unpaired) electrons. The summed E-state index contributed by atoms with van der Waals surface area (Å²) in [6, 6.07) is 8.67. The summed E-state index contributed by atoms with van der Waals surface area (Å²) in [6.45, 7) is 0. The van der Waals surface area contributed by atoms with Gasteiger partial charge in [0.05, 0.1) is 0 Å².